The van der Waals surface area contributed by atoms with Crippen molar-refractivity contribution in [2.24, 2.45) is 0 Å². The number of amides is 2. The van der Waals surface area contributed by atoms with Crippen LogP contribution >= 0.6 is 0 Å². The third-order valence-electron chi connectivity index (χ3n) is 5.90. The molecule has 0 radical (unpaired) electrons. The number of piperidine rings is 1. The van der Waals surface area contributed by atoms with Crippen molar-refractivity contribution in [2.75, 3.05) is 52.7 Å². The van der Waals surface area contributed by atoms with E-state index in [2.05, 4.69) is 9.64 Å². The molecule has 0 saturated carbocycles. The number of benzene rings is 1. The molecule has 2 aliphatic heterocycles. The Hall–Kier alpha value is -3.67. The predicted octanol–water partition coefficient (Wildman–Crippen LogP) is 0.599. The van der Waals surface area contributed by atoms with Crippen LogP contribution in [0.5, 0.6) is 5.75 Å². The molecule has 2 saturated heterocycles. The van der Waals surface area contributed by atoms with Gasteiger partial charge in [0.1, 0.15) is 5.75 Å². The SMILES string of the molecule is CC(=O)OCOC(=O)N1CCC(N2CCN(CC(=O)c3ccc(OCC(=O)O)cc3)C(=O)C2)CC1. The van der Waals surface area contributed by atoms with Crippen LogP contribution in [0.15, 0.2) is 24.3 Å². The average molecular weight is 491 g/mol. The summed E-state index contributed by atoms with van der Waals surface area (Å²) >= 11 is 0. The Morgan fingerprint density at radius 2 is 1.69 bits per heavy atom. The van der Waals surface area contributed by atoms with E-state index in [-0.39, 0.29) is 30.8 Å². The molecule has 2 aliphatic rings. The first-order valence-electron chi connectivity index (χ1n) is 11.3. The number of piperazine rings is 1. The van der Waals surface area contributed by atoms with E-state index in [0.717, 1.165) is 0 Å². The van der Waals surface area contributed by atoms with Crippen molar-refractivity contribution in [3.63, 3.8) is 0 Å². The van der Waals surface area contributed by atoms with Gasteiger partial charge in [0.25, 0.3) is 0 Å². The molecule has 1 aromatic carbocycles. The van der Waals surface area contributed by atoms with Crippen molar-refractivity contribution in [1.29, 1.82) is 0 Å². The molecule has 12 nitrogen and oxygen atoms in total. The summed E-state index contributed by atoms with van der Waals surface area (Å²) in [5, 5.41) is 8.65. The van der Waals surface area contributed by atoms with Gasteiger partial charge in [-0.1, -0.05) is 0 Å². The molecule has 3 rings (SSSR count). The van der Waals surface area contributed by atoms with Gasteiger partial charge in [-0.05, 0) is 37.1 Å². The minimum atomic E-state index is -1.09. The zero-order valence-corrected chi connectivity index (χ0v) is 19.5. The summed E-state index contributed by atoms with van der Waals surface area (Å²) in [6.45, 7) is 2.53. The van der Waals surface area contributed by atoms with Crippen molar-refractivity contribution < 1.29 is 43.3 Å². The van der Waals surface area contributed by atoms with Crippen LogP contribution in [0.2, 0.25) is 0 Å². The summed E-state index contributed by atoms with van der Waals surface area (Å²) in [6, 6.07) is 6.28. The van der Waals surface area contributed by atoms with Crippen LogP contribution in [0.3, 0.4) is 0 Å². The lowest BCUT2D eigenvalue weighted by Crippen LogP contribution is -2.56. The van der Waals surface area contributed by atoms with Gasteiger partial charge in [-0.25, -0.2) is 9.59 Å². The highest BCUT2D eigenvalue weighted by atomic mass is 16.7. The number of hydrogen-bond acceptors (Lipinski definition) is 9. The van der Waals surface area contributed by atoms with E-state index in [9.17, 15) is 24.0 Å². The molecule has 0 aliphatic carbocycles. The maximum atomic E-state index is 12.7. The summed E-state index contributed by atoms with van der Waals surface area (Å²) in [5.41, 5.74) is 0.413. The van der Waals surface area contributed by atoms with Gasteiger partial charge in [0, 0.05) is 44.7 Å². The number of carbonyl (C=O) groups excluding carboxylic acids is 4. The lowest BCUT2D eigenvalue weighted by atomic mass is 10.0. The van der Waals surface area contributed by atoms with E-state index in [4.69, 9.17) is 14.6 Å². The fourth-order valence-electron chi connectivity index (χ4n) is 4.02. The Balaban J connectivity index is 1.41. The van der Waals surface area contributed by atoms with Crippen molar-refractivity contribution in [2.45, 2.75) is 25.8 Å². The molecule has 2 amide bonds. The monoisotopic (exact) mass is 491 g/mol. The smallest absolute Gasteiger partial charge is 0.412 e. The number of likely N-dealkylation sites (tertiary alicyclic amines) is 1. The second-order valence-electron chi connectivity index (χ2n) is 8.30. The van der Waals surface area contributed by atoms with Gasteiger partial charge < -0.3 is 29.1 Å². The maximum Gasteiger partial charge on any atom is 0.412 e. The van der Waals surface area contributed by atoms with Crippen molar-refractivity contribution >= 4 is 29.7 Å². The fraction of sp³-hybridized carbons (Fsp3) is 0.522. The number of aliphatic carboxylic acids is 1. The first kappa shape index (κ1) is 25.9. The van der Waals surface area contributed by atoms with E-state index in [1.165, 1.54) is 24.0 Å². The molecule has 0 unspecified atom stereocenters. The lowest BCUT2D eigenvalue weighted by molar-refractivity contribution is -0.150. The number of nitrogens with zero attached hydrogens (tertiary/aromatic N) is 3. The molecule has 12 heteroatoms. The molecule has 1 aromatic rings. The number of carbonyl (C=O) groups is 5. The highest BCUT2D eigenvalue weighted by Crippen LogP contribution is 2.20. The number of carboxylic acid groups (broad SMARTS) is 1. The molecule has 2 heterocycles. The van der Waals surface area contributed by atoms with Gasteiger partial charge in [-0.3, -0.25) is 19.3 Å². The number of hydrogen-bond donors (Lipinski definition) is 1. The van der Waals surface area contributed by atoms with Crippen molar-refractivity contribution in [3.05, 3.63) is 29.8 Å². The Labute approximate surface area is 202 Å². The van der Waals surface area contributed by atoms with E-state index in [0.29, 0.717) is 50.3 Å². The molecule has 1 N–H and O–H groups in total. The Kier molecular flexibility index (Phi) is 9.01. The van der Waals surface area contributed by atoms with Gasteiger partial charge in [0.05, 0.1) is 13.1 Å². The minimum absolute atomic E-state index is 0.0331. The van der Waals surface area contributed by atoms with Crippen LogP contribution in [0.25, 0.3) is 0 Å². The molecule has 0 aromatic heterocycles. The van der Waals surface area contributed by atoms with E-state index in [1.807, 2.05) is 0 Å². The van der Waals surface area contributed by atoms with E-state index >= 15 is 0 Å². The van der Waals surface area contributed by atoms with Gasteiger partial charge in [-0.15, -0.1) is 0 Å². The first-order valence-corrected chi connectivity index (χ1v) is 11.3. The topological polar surface area (TPSA) is 143 Å². The van der Waals surface area contributed by atoms with Crippen LogP contribution in [-0.2, 0) is 23.9 Å². The van der Waals surface area contributed by atoms with Crippen LogP contribution in [0, 0.1) is 0 Å². The summed E-state index contributed by atoms with van der Waals surface area (Å²) < 4.78 is 14.6. The van der Waals surface area contributed by atoms with E-state index in [1.54, 1.807) is 17.0 Å². The fourth-order valence-corrected chi connectivity index (χ4v) is 4.02. The van der Waals surface area contributed by atoms with Crippen molar-refractivity contribution in [1.82, 2.24) is 14.7 Å². The highest BCUT2D eigenvalue weighted by Gasteiger charge is 2.33. The van der Waals surface area contributed by atoms with Crippen LogP contribution in [-0.4, -0.2) is 108 Å². The number of Topliss-reactive ketones (excluding diaryl/α,β-unsaturated/α-hetero) is 1. The summed E-state index contributed by atoms with van der Waals surface area (Å²) in [4.78, 5) is 63.8. The van der Waals surface area contributed by atoms with E-state index < -0.39 is 31.4 Å². The second-order valence-corrected chi connectivity index (χ2v) is 8.30. The molecule has 0 spiro atoms. The largest absolute Gasteiger partial charge is 0.482 e. The molecule has 35 heavy (non-hydrogen) atoms. The Bertz CT molecular complexity index is 942. The number of rotatable bonds is 9. The molecule has 190 valence electrons. The van der Waals surface area contributed by atoms with Crippen LogP contribution in [0.4, 0.5) is 4.79 Å². The van der Waals surface area contributed by atoms with Crippen LogP contribution in [0.1, 0.15) is 30.1 Å². The standard InChI is InChI=1S/C23H29N3O9/c1-16(27)34-15-35-23(32)24-8-6-18(7-9-24)25-10-11-26(21(29)13-25)12-20(28)17-2-4-19(5-3-17)33-14-22(30)31/h2-5,18H,6-15H2,1H3,(H,30,31). The van der Waals surface area contributed by atoms with Crippen LogP contribution < -0.4 is 4.74 Å². The zero-order chi connectivity index (χ0) is 25.4. The van der Waals surface area contributed by atoms with Gasteiger partial charge >= 0.3 is 18.0 Å². The zero-order valence-electron chi connectivity index (χ0n) is 19.5. The minimum Gasteiger partial charge on any atom is -0.482 e. The maximum absolute atomic E-state index is 12.7. The Morgan fingerprint density at radius 3 is 2.29 bits per heavy atom. The lowest BCUT2D eigenvalue weighted by Gasteiger charge is -2.41. The number of ketones is 1. The quantitative estimate of drug-likeness (QED) is 0.296. The summed E-state index contributed by atoms with van der Waals surface area (Å²) in [5.74, 6) is -1.61. The first-order chi connectivity index (χ1) is 16.7. The molecule has 0 atom stereocenters. The molecule has 2 fully saturated rings. The van der Waals surface area contributed by atoms with Gasteiger partial charge in [-0.2, -0.15) is 0 Å². The number of carboxylic acids is 1. The molecule has 0 bridgehead atoms. The third-order valence-corrected chi connectivity index (χ3v) is 5.90. The number of esters is 1. The van der Waals surface area contributed by atoms with Gasteiger partial charge in [0.2, 0.25) is 12.7 Å². The number of ether oxygens (including phenoxy) is 3. The van der Waals surface area contributed by atoms with Gasteiger partial charge in [0.15, 0.2) is 12.4 Å². The molecular weight excluding hydrogens is 462 g/mol. The second kappa shape index (κ2) is 12.2. The predicted molar refractivity (Wildman–Crippen MR) is 120 cm³/mol. The molecular formula is C23H29N3O9. The summed E-state index contributed by atoms with van der Waals surface area (Å²) in [6.07, 6.45) is 0.835. The van der Waals surface area contributed by atoms with Crippen molar-refractivity contribution in [3.8, 4) is 5.75 Å². The Morgan fingerprint density at radius 1 is 1.00 bits per heavy atom. The highest BCUT2D eigenvalue weighted by molar-refractivity contribution is 5.99. The third kappa shape index (κ3) is 7.67. The summed E-state index contributed by atoms with van der Waals surface area (Å²) in [7, 11) is 0. The average Bonchev–Trinajstić information content (AvgIpc) is 2.84. The normalized spacial score (nSPS) is 17.1.